The Bertz CT molecular complexity index is 653. The van der Waals surface area contributed by atoms with Crippen LogP contribution in [-0.4, -0.2) is 29.1 Å². The van der Waals surface area contributed by atoms with Crippen LogP contribution in [0.2, 0.25) is 0 Å². The summed E-state index contributed by atoms with van der Waals surface area (Å²) < 4.78 is 5.07. The Morgan fingerprint density at radius 1 is 1.24 bits per heavy atom. The van der Waals surface area contributed by atoms with Crippen LogP contribution in [0.3, 0.4) is 0 Å². The van der Waals surface area contributed by atoms with Crippen LogP contribution in [0.15, 0.2) is 42.7 Å². The first kappa shape index (κ1) is 14.5. The van der Waals surface area contributed by atoms with Crippen molar-refractivity contribution < 1.29 is 19.4 Å². The lowest BCUT2D eigenvalue weighted by Crippen LogP contribution is -2.23. The van der Waals surface area contributed by atoms with Gasteiger partial charge < -0.3 is 15.2 Å². The minimum Gasteiger partial charge on any atom is -0.494 e. The molecule has 1 aromatic carbocycles. The van der Waals surface area contributed by atoms with Crippen molar-refractivity contribution in [3.8, 4) is 5.75 Å². The first-order valence-corrected chi connectivity index (χ1v) is 6.20. The zero-order valence-electron chi connectivity index (χ0n) is 11.4. The van der Waals surface area contributed by atoms with Crippen molar-refractivity contribution in [3.05, 3.63) is 59.4 Å². The van der Waals surface area contributed by atoms with Crippen molar-refractivity contribution in [3.63, 3.8) is 0 Å². The molecule has 108 valence electrons. The number of nitrogens with zero attached hydrogens (tertiary/aromatic N) is 1. The molecule has 1 heterocycles. The zero-order valence-corrected chi connectivity index (χ0v) is 11.4. The second-order valence-electron chi connectivity index (χ2n) is 4.26. The third-order valence-electron chi connectivity index (χ3n) is 2.90. The number of benzene rings is 1. The predicted molar refractivity (Wildman–Crippen MR) is 75.4 cm³/mol. The molecule has 0 saturated heterocycles. The van der Waals surface area contributed by atoms with Gasteiger partial charge in [0.2, 0.25) is 0 Å². The minimum atomic E-state index is -0.980. The van der Waals surface area contributed by atoms with E-state index in [0.29, 0.717) is 17.9 Å². The number of nitrogens with one attached hydrogen (secondary N) is 1. The fourth-order valence-electron chi connectivity index (χ4n) is 1.77. The molecule has 0 radical (unpaired) electrons. The maximum Gasteiger partial charge on any atom is 0.335 e. The molecule has 0 saturated carbocycles. The molecular weight excluding hydrogens is 272 g/mol. The average Bonchev–Trinajstić information content (AvgIpc) is 2.52. The summed E-state index contributed by atoms with van der Waals surface area (Å²) in [6.45, 7) is 0.296. The summed E-state index contributed by atoms with van der Waals surface area (Å²) in [5.74, 6) is -0.861. The predicted octanol–water partition coefficient (Wildman–Crippen LogP) is 1.72. The van der Waals surface area contributed by atoms with E-state index < -0.39 is 5.97 Å². The van der Waals surface area contributed by atoms with Crippen molar-refractivity contribution in [1.29, 1.82) is 0 Å². The summed E-state index contributed by atoms with van der Waals surface area (Å²) in [6.07, 6.45) is 2.98. The van der Waals surface area contributed by atoms with Gasteiger partial charge in [-0.15, -0.1) is 0 Å². The Morgan fingerprint density at radius 3 is 2.57 bits per heavy atom. The highest BCUT2D eigenvalue weighted by molar-refractivity contribution is 5.96. The maximum absolute atomic E-state index is 12.1. The van der Waals surface area contributed by atoms with Crippen LogP contribution in [0, 0.1) is 0 Å². The molecule has 2 aromatic rings. The van der Waals surface area contributed by atoms with Crippen LogP contribution in [-0.2, 0) is 6.54 Å². The Morgan fingerprint density at radius 2 is 1.95 bits per heavy atom. The lowest BCUT2D eigenvalue weighted by Gasteiger charge is -2.08. The topological polar surface area (TPSA) is 88.5 Å². The highest BCUT2D eigenvalue weighted by Gasteiger charge is 2.11. The third kappa shape index (κ3) is 3.56. The Labute approximate surface area is 121 Å². The molecule has 0 unspecified atom stereocenters. The molecular formula is C15H14N2O4. The van der Waals surface area contributed by atoms with Crippen LogP contribution < -0.4 is 10.1 Å². The number of pyridine rings is 1. The number of aromatic carboxylic acids is 1. The van der Waals surface area contributed by atoms with E-state index in [4.69, 9.17) is 9.84 Å². The number of rotatable bonds is 5. The van der Waals surface area contributed by atoms with Gasteiger partial charge in [-0.1, -0.05) is 12.1 Å². The fourth-order valence-corrected chi connectivity index (χ4v) is 1.77. The van der Waals surface area contributed by atoms with Crippen LogP contribution >= 0.6 is 0 Å². The number of carboxylic acids is 1. The van der Waals surface area contributed by atoms with Crippen molar-refractivity contribution in [1.82, 2.24) is 10.3 Å². The van der Waals surface area contributed by atoms with E-state index in [0.717, 1.165) is 5.56 Å². The van der Waals surface area contributed by atoms with Gasteiger partial charge in [0.1, 0.15) is 5.75 Å². The molecule has 0 spiro atoms. The molecule has 1 amide bonds. The van der Waals surface area contributed by atoms with Gasteiger partial charge in [-0.2, -0.15) is 0 Å². The first-order valence-electron chi connectivity index (χ1n) is 6.20. The van der Waals surface area contributed by atoms with E-state index in [1.807, 2.05) is 0 Å². The van der Waals surface area contributed by atoms with E-state index in [9.17, 15) is 9.59 Å². The number of methoxy groups -OCH3 is 1. The summed E-state index contributed by atoms with van der Waals surface area (Å²) in [5.41, 5.74) is 1.41. The van der Waals surface area contributed by atoms with Gasteiger partial charge in [-0.3, -0.25) is 9.78 Å². The first-order chi connectivity index (χ1) is 10.1. The molecule has 21 heavy (non-hydrogen) atoms. The highest BCUT2D eigenvalue weighted by Crippen LogP contribution is 2.15. The lowest BCUT2D eigenvalue weighted by atomic mass is 10.1. The maximum atomic E-state index is 12.1. The second-order valence-corrected chi connectivity index (χ2v) is 4.26. The molecule has 2 rings (SSSR count). The summed E-state index contributed by atoms with van der Waals surface area (Å²) in [7, 11) is 1.47. The quantitative estimate of drug-likeness (QED) is 0.873. The molecule has 0 aliphatic rings. The summed E-state index contributed by atoms with van der Waals surface area (Å²) >= 11 is 0. The van der Waals surface area contributed by atoms with Crippen molar-refractivity contribution in [2.75, 3.05) is 7.11 Å². The summed E-state index contributed by atoms with van der Waals surface area (Å²) in [5, 5.41) is 11.6. The van der Waals surface area contributed by atoms with Gasteiger partial charge in [0.15, 0.2) is 0 Å². The van der Waals surface area contributed by atoms with E-state index >= 15 is 0 Å². The van der Waals surface area contributed by atoms with Crippen molar-refractivity contribution in [2.45, 2.75) is 6.54 Å². The smallest absolute Gasteiger partial charge is 0.335 e. The number of hydrogen-bond donors (Lipinski definition) is 2. The Kier molecular flexibility index (Phi) is 4.50. The number of carbonyl (C=O) groups is 2. The normalized spacial score (nSPS) is 9.95. The monoisotopic (exact) mass is 286 g/mol. The van der Waals surface area contributed by atoms with Gasteiger partial charge in [0.25, 0.3) is 5.91 Å². The fraction of sp³-hybridized carbons (Fsp3) is 0.133. The molecule has 0 bridgehead atoms. The number of carboxylic acid groups (broad SMARTS) is 1. The largest absolute Gasteiger partial charge is 0.494 e. The molecule has 6 heteroatoms. The van der Waals surface area contributed by atoms with Crippen LogP contribution in [0.4, 0.5) is 0 Å². The van der Waals surface area contributed by atoms with Gasteiger partial charge in [0, 0.05) is 12.7 Å². The number of ether oxygens (including phenoxy) is 1. The minimum absolute atomic E-state index is 0.209. The van der Waals surface area contributed by atoms with Crippen LogP contribution in [0.1, 0.15) is 26.3 Å². The summed E-state index contributed by atoms with van der Waals surface area (Å²) in [6, 6.07) is 7.89. The highest BCUT2D eigenvalue weighted by atomic mass is 16.5. The van der Waals surface area contributed by atoms with E-state index in [-0.39, 0.29) is 11.5 Å². The Hall–Kier alpha value is -2.89. The van der Waals surface area contributed by atoms with Gasteiger partial charge in [0.05, 0.1) is 24.4 Å². The van der Waals surface area contributed by atoms with Gasteiger partial charge in [-0.05, 0) is 23.8 Å². The molecule has 6 nitrogen and oxygen atoms in total. The third-order valence-corrected chi connectivity index (χ3v) is 2.90. The molecule has 1 aromatic heterocycles. The average molecular weight is 286 g/mol. The summed E-state index contributed by atoms with van der Waals surface area (Å²) in [4.78, 5) is 26.7. The van der Waals surface area contributed by atoms with Crippen molar-refractivity contribution >= 4 is 11.9 Å². The molecule has 0 aliphatic heterocycles. The molecule has 0 atom stereocenters. The van der Waals surface area contributed by atoms with Crippen LogP contribution in [0.5, 0.6) is 5.75 Å². The number of aromatic nitrogens is 1. The van der Waals surface area contributed by atoms with Gasteiger partial charge in [-0.25, -0.2) is 4.79 Å². The number of amides is 1. The van der Waals surface area contributed by atoms with Crippen LogP contribution in [0.25, 0.3) is 0 Å². The van der Waals surface area contributed by atoms with E-state index in [1.165, 1.54) is 31.6 Å². The zero-order chi connectivity index (χ0) is 15.2. The van der Waals surface area contributed by atoms with E-state index in [2.05, 4.69) is 10.3 Å². The lowest BCUT2D eigenvalue weighted by molar-refractivity contribution is 0.0696. The number of hydrogen-bond acceptors (Lipinski definition) is 4. The van der Waals surface area contributed by atoms with Crippen molar-refractivity contribution in [2.24, 2.45) is 0 Å². The molecule has 0 fully saturated rings. The molecule has 0 aliphatic carbocycles. The molecule has 2 N–H and O–H groups in total. The second kappa shape index (κ2) is 6.51. The SMILES string of the molecule is COc1cnccc1C(=O)NCc1ccc(C(=O)O)cc1. The standard InChI is InChI=1S/C15H14N2O4/c1-21-13-9-16-7-6-12(13)14(18)17-8-10-2-4-11(5-3-10)15(19)20/h2-7,9H,8H2,1H3,(H,17,18)(H,19,20). The van der Waals surface area contributed by atoms with Gasteiger partial charge >= 0.3 is 5.97 Å². The Balaban J connectivity index is 2.02. The van der Waals surface area contributed by atoms with E-state index in [1.54, 1.807) is 18.2 Å². The number of carbonyl (C=O) groups excluding carboxylic acids is 1.